The molecule has 0 aromatic rings. The van der Waals surface area contributed by atoms with Crippen LogP contribution in [0.2, 0.25) is 0 Å². The van der Waals surface area contributed by atoms with Crippen LogP contribution in [0.25, 0.3) is 0 Å². The summed E-state index contributed by atoms with van der Waals surface area (Å²) in [6.07, 6.45) is 0. The van der Waals surface area contributed by atoms with E-state index in [1.807, 2.05) is 0 Å². The molecule has 0 rings (SSSR count). The first-order valence-electron chi connectivity index (χ1n) is 4.12. The van der Waals surface area contributed by atoms with Crippen molar-refractivity contribution in [3.8, 4) is 0 Å². The summed E-state index contributed by atoms with van der Waals surface area (Å²) in [5, 5.41) is 2.72. The first-order valence-corrected chi connectivity index (χ1v) is 5.94. The van der Waals surface area contributed by atoms with Crippen LogP contribution in [0.1, 0.15) is 13.8 Å². The number of hydrogen-bond acceptors (Lipinski definition) is 4. The van der Waals surface area contributed by atoms with Crippen molar-refractivity contribution >= 4 is 15.7 Å². The van der Waals surface area contributed by atoms with E-state index in [1.165, 1.54) is 0 Å². The molecular formula is C7H16N2O3S. The van der Waals surface area contributed by atoms with Gasteiger partial charge in [-0.25, -0.2) is 8.42 Å². The van der Waals surface area contributed by atoms with E-state index in [1.54, 1.807) is 13.8 Å². The number of hydrogen-bond donors (Lipinski definition) is 2. The molecule has 0 saturated heterocycles. The fourth-order valence-electron chi connectivity index (χ4n) is 0.676. The van der Waals surface area contributed by atoms with Gasteiger partial charge in [-0.05, 0) is 6.92 Å². The molecule has 3 N–H and O–H groups in total. The van der Waals surface area contributed by atoms with Crippen LogP contribution in [-0.4, -0.2) is 38.4 Å². The Hall–Kier alpha value is -0.620. The molecule has 0 fully saturated rings. The second-order valence-electron chi connectivity index (χ2n) is 2.81. The number of carbonyl (C=O) groups excluding carboxylic acids is 1. The molecule has 1 unspecified atom stereocenters. The Labute approximate surface area is 78.6 Å². The van der Waals surface area contributed by atoms with Gasteiger partial charge in [-0.2, -0.15) is 0 Å². The molecule has 6 heteroatoms. The summed E-state index contributed by atoms with van der Waals surface area (Å²) in [5.41, 5.74) is 4.97. The predicted octanol–water partition coefficient (Wildman–Crippen LogP) is -1.12. The maximum atomic E-state index is 11.0. The van der Waals surface area contributed by atoms with E-state index in [0.29, 0.717) is 0 Å². The molecule has 5 nitrogen and oxygen atoms in total. The second kappa shape index (κ2) is 5.18. The first kappa shape index (κ1) is 12.4. The molecule has 78 valence electrons. The average molecular weight is 208 g/mol. The summed E-state index contributed by atoms with van der Waals surface area (Å²) < 4.78 is 22.0. The van der Waals surface area contributed by atoms with Gasteiger partial charge in [0, 0.05) is 12.3 Å². The van der Waals surface area contributed by atoms with E-state index >= 15 is 0 Å². The number of sulfone groups is 1. The van der Waals surface area contributed by atoms with Gasteiger partial charge in [0.05, 0.1) is 11.8 Å². The standard InChI is InChI=1S/C7H16N2O3S/c1-3-13(11,12)5-4-9-6(2)7(8)10/h6,9H,3-5H2,1-2H3,(H2,8,10). The van der Waals surface area contributed by atoms with Crippen LogP contribution in [0.3, 0.4) is 0 Å². The van der Waals surface area contributed by atoms with E-state index in [4.69, 9.17) is 5.73 Å². The maximum Gasteiger partial charge on any atom is 0.234 e. The molecule has 1 amide bonds. The predicted molar refractivity (Wildman–Crippen MR) is 51.0 cm³/mol. The zero-order chi connectivity index (χ0) is 10.5. The van der Waals surface area contributed by atoms with Crippen molar-refractivity contribution in [2.24, 2.45) is 5.73 Å². The Morgan fingerprint density at radius 3 is 2.46 bits per heavy atom. The maximum absolute atomic E-state index is 11.0. The van der Waals surface area contributed by atoms with Crippen LogP contribution < -0.4 is 11.1 Å². The highest BCUT2D eigenvalue weighted by atomic mass is 32.2. The lowest BCUT2D eigenvalue weighted by molar-refractivity contribution is -0.119. The highest BCUT2D eigenvalue weighted by Gasteiger charge is 2.10. The van der Waals surface area contributed by atoms with Gasteiger partial charge in [-0.3, -0.25) is 4.79 Å². The minimum Gasteiger partial charge on any atom is -0.368 e. The van der Waals surface area contributed by atoms with Crippen LogP contribution in [0, 0.1) is 0 Å². The third-order valence-corrected chi connectivity index (χ3v) is 3.44. The Balaban J connectivity index is 3.75. The topological polar surface area (TPSA) is 89.3 Å². The first-order chi connectivity index (χ1) is 5.89. The van der Waals surface area contributed by atoms with Gasteiger partial charge in [0.25, 0.3) is 0 Å². The van der Waals surface area contributed by atoms with Gasteiger partial charge in [-0.15, -0.1) is 0 Å². The molecule has 13 heavy (non-hydrogen) atoms. The van der Waals surface area contributed by atoms with Crippen molar-refractivity contribution < 1.29 is 13.2 Å². The van der Waals surface area contributed by atoms with Crippen molar-refractivity contribution in [1.29, 1.82) is 0 Å². The van der Waals surface area contributed by atoms with Crippen molar-refractivity contribution in [3.05, 3.63) is 0 Å². The monoisotopic (exact) mass is 208 g/mol. The van der Waals surface area contributed by atoms with Gasteiger partial charge < -0.3 is 11.1 Å². The minimum atomic E-state index is -2.96. The average Bonchev–Trinajstić information content (AvgIpc) is 2.04. The van der Waals surface area contributed by atoms with E-state index in [9.17, 15) is 13.2 Å². The molecule has 0 aromatic heterocycles. The molecule has 0 heterocycles. The highest BCUT2D eigenvalue weighted by Crippen LogP contribution is 1.88. The van der Waals surface area contributed by atoms with E-state index in [2.05, 4.69) is 5.32 Å². The Bertz CT molecular complexity index is 261. The lowest BCUT2D eigenvalue weighted by Gasteiger charge is -2.09. The lowest BCUT2D eigenvalue weighted by Crippen LogP contribution is -2.40. The molecule has 0 aliphatic heterocycles. The van der Waals surface area contributed by atoms with Crippen molar-refractivity contribution in [1.82, 2.24) is 5.32 Å². The van der Waals surface area contributed by atoms with Gasteiger partial charge in [0.2, 0.25) is 5.91 Å². The van der Waals surface area contributed by atoms with E-state index < -0.39 is 21.8 Å². The SMILES string of the molecule is CCS(=O)(=O)CCNC(C)C(N)=O. The molecule has 0 aromatic carbocycles. The Morgan fingerprint density at radius 1 is 1.54 bits per heavy atom. The van der Waals surface area contributed by atoms with E-state index in [0.717, 1.165) is 0 Å². The normalized spacial score (nSPS) is 14.0. The largest absolute Gasteiger partial charge is 0.368 e. The molecule has 0 aliphatic rings. The lowest BCUT2D eigenvalue weighted by atomic mass is 10.3. The number of rotatable bonds is 6. The molecule has 1 atom stereocenters. The zero-order valence-corrected chi connectivity index (χ0v) is 8.73. The number of carbonyl (C=O) groups is 1. The van der Waals surface area contributed by atoms with Gasteiger partial charge in [0.1, 0.15) is 0 Å². The molecule has 0 saturated carbocycles. The molecular weight excluding hydrogens is 192 g/mol. The minimum absolute atomic E-state index is 0.0428. The van der Waals surface area contributed by atoms with E-state index in [-0.39, 0.29) is 18.1 Å². The summed E-state index contributed by atoms with van der Waals surface area (Å²) in [5.74, 6) is -0.310. The molecule has 0 aliphatic carbocycles. The summed E-state index contributed by atoms with van der Waals surface area (Å²) in [7, 11) is -2.96. The van der Waals surface area contributed by atoms with Crippen LogP contribution in [-0.2, 0) is 14.6 Å². The van der Waals surface area contributed by atoms with Crippen LogP contribution in [0.15, 0.2) is 0 Å². The Morgan fingerprint density at radius 2 is 2.08 bits per heavy atom. The number of primary amides is 1. The van der Waals surface area contributed by atoms with Crippen LogP contribution in [0.4, 0.5) is 0 Å². The third-order valence-electron chi connectivity index (χ3n) is 1.73. The number of nitrogens with two attached hydrogens (primary N) is 1. The van der Waals surface area contributed by atoms with Crippen LogP contribution >= 0.6 is 0 Å². The van der Waals surface area contributed by atoms with Gasteiger partial charge >= 0.3 is 0 Å². The summed E-state index contributed by atoms with van der Waals surface area (Å²) in [4.78, 5) is 10.5. The summed E-state index contributed by atoms with van der Waals surface area (Å²) >= 11 is 0. The second-order valence-corrected chi connectivity index (χ2v) is 5.29. The zero-order valence-electron chi connectivity index (χ0n) is 7.91. The molecule has 0 spiro atoms. The molecule has 0 radical (unpaired) electrons. The summed E-state index contributed by atoms with van der Waals surface area (Å²) in [6.45, 7) is 3.45. The fourth-order valence-corrected chi connectivity index (χ4v) is 1.39. The van der Waals surface area contributed by atoms with Crippen molar-refractivity contribution in [2.75, 3.05) is 18.1 Å². The smallest absolute Gasteiger partial charge is 0.234 e. The van der Waals surface area contributed by atoms with Gasteiger partial charge in [-0.1, -0.05) is 6.92 Å². The number of amides is 1. The third kappa shape index (κ3) is 5.59. The quantitative estimate of drug-likeness (QED) is 0.579. The molecule has 0 bridgehead atoms. The Kier molecular flexibility index (Phi) is 4.94. The van der Waals surface area contributed by atoms with Crippen molar-refractivity contribution in [2.45, 2.75) is 19.9 Å². The van der Waals surface area contributed by atoms with Gasteiger partial charge in [0.15, 0.2) is 9.84 Å². The fraction of sp³-hybridized carbons (Fsp3) is 0.857. The highest BCUT2D eigenvalue weighted by molar-refractivity contribution is 7.91. The number of nitrogens with one attached hydrogen (secondary N) is 1. The summed E-state index contributed by atoms with van der Waals surface area (Å²) in [6, 6.07) is -0.480. The van der Waals surface area contributed by atoms with Crippen molar-refractivity contribution in [3.63, 3.8) is 0 Å². The van der Waals surface area contributed by atoms with Crippen LogP contribution in [0.5, 0.6) is 0 Å².